The Kier molecular flexibility index (Phi) is 10.5. The molecule has 2 fully saturated rings. The van der Waals surface area contributed by atoms with Gasteiger partial charge >= 0.3 is 0 Å². The van der Waals surface area contributed by atoms with Crippen LogP contribution in [0.1, 0.15) is 82.6 Å². The fourth-order valence-corrected chi connectivity index (χ4v) is 3.91. The van der Waals surface area contributed by atoms with Gasteiger partial charge in [0.25, 0.3) is 0 Å². The fraction of sp³-hybridized carbons (Fsp3) is 0.560. The van der Waals surface area contributed by atoms with Gasteiger partial charge in [0.15, 0.2) is 0 Å². The number of ether oxygens (including phenoxy) is 1. The summed E-state index contributed by atoms with van der Waals surface area (Å²) in [7, 11) is 1.72. The van der Waals surface area contributed by atoms with Gasteiger partial charge in [0.1, 0.15) is 11.6 Å². The van der Waals surface area contributed by atoms with Crippen LogP contribution >= 0.6 is 0 Å². The average molecular weight is 383 g/mol. The van der Waals surface area contributed by atoms with Gasteiger partial charge in [0, 0.05) is 6.20 Å². The molecule has 3 nitrogen and oxygen atoms in total. The van der Waals surface area contributed by atoms with Crippen LogP contribution in [0, 0.1) is 5.92 Å². The van der Waals surface area contributed by atoms with E-state index >= 15 is 0 Å². The summed E-state index contributed by atoms with van der Waals surface area (Å²) >= 11 is 0. The molecular formula is C25H38N2O. The zero-order chi connectivity index (χ0) is 20.0. The summed E-state index contributed by atoms with van der Waals surface area (Å²) < 4.78 is 5.17. The molecule has 4 rings (SSSR count). The van der Waals surface area contributed by atoms with Gasteiger partial charge in [-0.3, -0.25) is 0 Å². The minimum Gasteiger partial charge on any atom is -0.497 e. The molecule has 0 aliphatic heterocycles. The predicted octanol–water partition coefficient (Wildman–Crippen LogP) is 6.99. The molecular weight excluding hydrogens is 344 g/mol. The number of methoxy groups -OCH3 is 1. The second kappa shape index (κ2) is 13.2. The summed E-state index contributed by atoms with van der Waals surface area (Å²) in [4.78, 5) is 3.76. The standard InChI is InChI=1S/C14H20O.C6H12.C5H6N2/c1-11-3-5-12(6-4-11)13-7-9-14(15-2)10-8-13;1-2-4-6-5-3-1;6-5-3-1-2-4-7-5/h7-12H,3-6H2,1-2H3;1-6H2;1-4H,(H2,6,7). The monoisotopic (exact) mass is 382 g/mol. The number of nitrogens with two attached hydrogens (primary N) is 1. The first kappa shape index (κ1) is 22.3. The van der Waals surface area contributed by atoms with E-state index in [2.05, 4.69) is 36.2 Å². The van der Waals surface area contributed by atoms with E-state index in [1.165, 1.54) is 69.8 Å². The van der Waals surface area contributed by atoms with Crippen molar-refractivity contribution in [2.75, 3.05) is 12.8 Å². The Hall–Kier alpha value is -2.03. The number of anilines is 1. The van der Waals surface area contributed by atoms with Crippen molar-refractivity contribution in [2.45, 2.75) is 77.0 Å². The van der Waals surface area contributed by atoms with Crippen LogP contribution < -0.4 is 10.5 Å². The topological polar surface area (TPSA) is 48.1 Å². The third-order valence-electron chi connectivity index (χ3n) is 5.79. The fourth-order valence-electron chi connectivity index (χ4n) is 3.91. The second-order valence-electron chi connectivity index (χ2n) is 8.11. The Morgan fingerprint density at radius 3 is 1.79 bits per heavy atom. The molecule has 2 aromatic rings. The van der Waals surface area contributed by atoms with E-state index < -0.39 is 0 Å². The lowest BCUT2D eigenvalue weighted by molar-refractivity contribution is 0.347. The van der Waals surface area contributed by atoms with Gasteiger partial charge in [0.05, 0.1) is 7.11 Å². The van der Waals surface area contributed by atoms with Crippen molar-refractivity contribution in [1.82, 2.24) is 4.98 Å². The van der Waals surface area contributed by atoms with Crippen molar-refractivity contribution in [3.05, 3.63) is 54.2 Å². The summed E-state index contributed by atoms with van der Waals surface area (Å²) in [6.07, 6.45) is 16.1. The lowest BCUT2D eigenvalue weighted by atomic mass is 9.79. The van der Waals surface area contributed by atoms with E-state index in [1.807, 2.05) is 12.1 Å². The number of pyridine rings is 1. The van der Waals surface area contributed by atoms with Crippen LogP contribution in [0.25, 0.3) is 0 Å². The number of aromatic nitrogens is 1. The number of rotatable bonds is 2. The molecule has 1 aromatic carbocycles. The van der Waals surface area contributed by atoms with E-state index in [9.17, 15) is 0 Å². The van der Waals surface area contributed by atoms with Gasteiger partial charge < -0.3 is 10.5 Å². The SMILES string of the molecule is C1CCCCC1.COc1ccc(C2CCC(C)CC2)cc1.Nc1ccccn1. The van der Waals surface area contributed by atoms with Crippen LogP contribution in [0.4, 0.5) is 5.82 Å². The highest BCUT2D eigenvalue weighted by Gasteiger charge is 2.19. The van der Waals surface area contributed by atoms with Crippen molar-refractivity contribution in [1.29, 1.82) is 0 Å². The third kappa shape index (κ3) is 8.77. The highest BCUT2D eigenvalue weighted by molar-refractivity contribution is 5.29. The Morgan fingerprint density at radius 1 is 0.821 bits per heavy atom. The molecule has 0 atom stereocenters. The summed E-state index contributed by atoms with van der Waals surface area (Å²) in [5.74, 6) is 3.25. The van der Waals surface area contributed by atoms with E-state index in [1.54, 1.807) is 19.4 Å². The average Bonchev–Trinajstić information content (AvgIpc) is 2.77. The van der Waals surface area contributed by atoms with Gasteiger partial charge in [0.2, 0.25) is 0 Å². The van der Waals surface area contributed by atoms with E-state index in [0.717, 1.165) is 17.6 Å². The van der Waals surface area contributed by atoms with Crippen LogP contribution in [0.3, 0.4) is 0 Å². The minimum atomic E-state index is 0.572. The Morgan fingerprint density at radius 2 is 1.39 bits per heavy atom. The lowest BCUT2D eigenvalue weighted by Gasteiger charge is -2.26. The molecule has 2 aliphatic carbocycles. The Bertz CT molecular complexity index is 603. The van der Waals surface area contributed by atoms with Crippen molar-refractivity contribution < 1.29 is 4.74 Å². The molecule has 154 valence electrons. The van der Waals surface area contributed by atoms with Gasteiger partial charge in [-0.25, -0.2) is 4.98 Å². The summed E-state index contributed by atoms with van der Waals surface area (Å²) in [5, 5.41) is 0. The van der Waals surface area contributed by atoms with E-state index in [0.29, 0.717) is 5.82 Å². The molecule has 2 aliphatic rings. The quantitative estimate of drug-likeness (QED) is 0.608. The number of hydrogen-bond donors (Lipinski definition) is 1. The van der Waals surface area contributed by atoms with Crippen LogP contribution in [-0.4, -0.2) is 12.1 Å². The predicted molar refractivity (Wildman–Crippen MR) is 120 cm³/mol. The largest absolute Gasteiger partial charge is 0.497 e. The number of benzene rings is 1. The number of hydrogen-bond acceptors (Lipinski definition) is 3. The minimum absolute atomic E-state index is 0.572. The molecule has 2 N–H and O–H groups in total. The molecule has 0 unspecified atom stereocenters. The van der Waals surface area contributed by atoms with Gasteiger partial charge in [-0.2, -0.15) is 0 Å². The van der Waals surface area contributed by atoms with Gasteiger partial charge in [-0.1, -0.05) is 76.5 Å². The van der Waals surface area contributed by atoms with Crippen LogP contribution in [0.5, 0.6) is 5.75 Å². The molecule has 1 heterocycles. The third-order valence-corrected chi connectivity index (χ3v) is 5.79. The van der Waals surface area contributed by atoms with Crippen LogP contribution in [-0.2, 0) is 0 Å². The highest BCUT2D eigenvalue weighted by atomic mass is 16.5. The maximum Gasteiger partial charge on any atom is 0.123 e. The lowest BCUT2D eigenvalue weighted by Crippen LogP contribution is -2.10. The molecule has 2 saturated carbocycles. The molecule has 0 spiro atoms. The first-order valence-electron chi connectivity index (χ1n) is 11.0. The zero-order valence-corrected chi connectivity index (χ0v) is 17.8. The Balaban J connectivity index is 0.000000178. The molecule has 1 aromatic heterocycles. The molecule has 0 bridgehead atoms. The van der Waals surface area contributed by atoms with Crippen molar-refractivity contribution >= 4 is 5.82 Å². The number of nitrogens with zero attached hydrogens (tertiary/aromatic N) is 1. The molecule has 28 heavy (non-hydrogen) atoms. The number of nitrogen functional groups attached to an aromatic ring is 1. The zero-order valence-electron chi connectivity index (χ0n) is 17.8. The maximum atomic E-state index is 5.25. The molecule has 0 amide bonds. The second-order valence-corrected chi connectivity index (χ2v) is 8.11. The Labute approximate surface area is 171 Å². The van der Waals surface area contributed by atoms with E-state index in [-0.39, 0.29) is 0 Å². The normalized spacial score (nSPS) is 21.4. The molecule has 3 heteroatoms. The first-order valence-corrected chi connectivity index (χ1v) is 11.0. The smallest absolute Gasteiger partial charge is 0.123 e. The van der Waals surface area contributed by atoms with E-state index in [4.69, 9.17) is 10.5 Å². The summed E-state index contributed by atoms with van der Waals surface area (Å²) in [5.41, 5.74) is 6.74. The van der Waals surface area contributed by atoms with Crippen molar-refractivity contribution in [3.8, 4) is 5.75 Å². The van der Waals surface area contributed by atoms with Gasteiger partial charge in [-0.05, 0) is 54.5 Å². The molecule has 0 radical (unpaired) electrons. The van der Waals surface area contributed by atoms with Crippen molar-refractivity contribution in [3.63, 3.8) is 0 Å². The van der Waals surface area contributed by atoms with Gasteiger partial charge in [-0.15, -0.1) is 0 Å². The van der Waals surface area contributed by atoms with Crippen LogP contribution in [0.15, 0.2) is 48.7 Å². The molecule has 0 saturated heterocycles. The summed E-state index contributed by atoms with van der Waals surface area (Å²) in [6.45, 7) is 2.37. The summed E-state index contributed by atoms with van der Waals surface area (Å²) in [6, 6.07) is 14.0. The van der Waals surface area contributed by atoms with Crippen LogP contribution in [0.2, 0.25) is 0 Å². The maximum absolute atomic E-state index is 5.25. The highest BCUT2D eigenvalue weighted by Crippen LogP contribution is 2.35. The van der Waals surface area contributed by atoms with Crippen molar-refractivity contribution in [2.24, 2.45) is 5.92 Å². The first-order chi connectivity index (χ1) is 13.7.